The zero-order chi connectivity index (χ0) is 28.0. The molecule has 1 aromatic heterocycles. The monoisotopic (exact) mass is 534 g/mol. The maximum absolute atomic E-state index is 13.9. The molecule has 3 rings (SSSR count). The molecule has 1 heterocycles. The SMILES string of the molecule is C/C(=C\C(=O)N(C)[C@H](Cc1ccc2ccccc2c1)C(=O)N(C)[C@H](Cc1cccs1)C(N)=O)CC(C)(C)N. The molecule has 3 aromatic rings. The highest BCUT2D eigenvalue weighted by atomic mass is 32.1. The van der Waals surface area contributed by atoms with Crippen molar-refractivity contribution in [1.29, 1.82) is 0 Å². The molecule has 0 saturated carbocycles. The first-order chi connectivity index (χ1) is 17.9. The molecule has 202 valence electrons. The van der Waals surface area contributed by atoms with E-state index in [0.717, 1.165) is 26.8 Å². The summed E-state index contributed by atoms with van der Waals surface area (Å²) >= 11 is 1.50. The standard InChI is InChI=1S/C30H38N4O3S/c1-20(19-30(2,3)32)15-27(35)33(4)26(17-21-12-13-22-9-6-7-10-23(22)16-21)29(37)34(5)25(28(31)36)18-24-11-8-14-38-24/h6-16,25-26H,17-19,32H2,1-5H3,(H2,31,36)/b20-15+/t25-,26-/m1/s1. The molecule has 0 bridgehead atoms. The number of nitrogens with zero attached hydrogens (tertiary/aromatic N) is 2. The van der Waals surface area contributed by atoms with Crippen LogP contribution in [0.3, 0.4) is 0 Å². The van der Waals surface area contributed by atoms with E-state index in [1.807, 2.05) is 80.7 Å². The van der Waals surface area contributed by atoms with Crippen LogP contribution in [0.15, 0.2) is 71.6 Å². The van der Waals surface area contributed by atoms with E-state index in [2.05, 4.69) is 0 Å². The Morgan fingerprint density at radius 1 is 0.947 bits per heavy atom. The lowest BCUT2D eigenvalue weighted by Gasteiger charge is -2.33. The average Bonchev–Trinajstić information content (AvgIpc) is 3.36. The summed E-state index contributed by atoms with van der Waals surface area (Å²) in [6.45, 7) is 5.66. The number of benzene rings is 2. The first-order valence-corrected chi connectivity index (χ1v) is 13.5. The first-order valence-electron chi connectivity index (χ1n) is 12.6. The second-order valence-electron chi connectivity index (χ2n) is 10.7. The van der Waals surface area contributed by atoms with Gasteiger partial charge in [-0.3, -0.25) is 14.4 Å². The van der Waals surface area contributed by atoms with Gasteiger partial charge in [-0.2, -0.15) is 0 Å². The van der Waals surface area contributed by atoms with Crippen molar-refractivity contribution in [2.24, 2.45) is 11.5 Å². The average molecular weight is 535 g/mol. The van der Waals surface area contributed by atoms with E-state index in [0.29, 0.717) is 12.8 Å². The maximum atomic E-state index is 13.9. The third-order valence-corrected chi connectivity index (χ3v) is 7.46. The molecule has 0 radical (unpaired) electrons. The number of hydrogen-bond donors (Lipinski definition) is 2. The van der Waals surface area contributed by atoms with Gasteiger partial charge in [0.05, 0.1) is 0 Å². The number of carbonyl (C=O) groups is 3. The molecule has 0 aliphatic rings. The van der Waals surface area contributed by atoms with Crippen molar-refractivity contribution in [2.45, 2.75) is 57.7 Å². The van der Waals surface area contributed by atoms with E-state index in [1.165, 1.54) is 27.2 Å². The summed E-state index contributed by atoms with van der Waals surface area (Å²) in [5, 5.41) is 4.06. The van der Waals surface area contributed by atoms with Crippen LogP contribution in [0, 0.1) is 0 Å². The molecule has 0 unspecified atom stereocenters. The Morgan fingerprint density at radius 3 is 2.24 bits per heavy atom. The van der Waals surface area contributed by atoms with Gasteiger partial charge in [0.25, 0.3) is 0 Å². The second-order valence-corrected chi connectivity index (χ2v) is 11.7. The Bertz CT molecular complexity index is 1310. The molecule has 38 heavy (non-hydrogen) atoms. The van der Waals surface area contributed by atoms with Crippen molar-refractivity contribution in [2.75, 3.05) is 14.1 Å². The maximum Gasteiger partial charge on any atom is 0.246 e. The van der Waals surface area contributed by atoms with Crippen molar-refractivity contribution in [3.05, 3.63) is 82.1 Å². The predicted octanol–water partition coefficient (Wildman–Crippen LogP) is 3.90. The summed E-state index contributed by atoms with van der Waals surface area (Å²) < 4.78 is 0. The van der Waals surface area contributed by atoms with E-state index < -0.39 is 23.5 Å². The fraction of sp³-hybridized carbons (Fsp3) is 0.367. The molecule has 2 atom stereocenters. The molecule has 0 aliphatic heterocycles. The van der Waals surface area contributed by atoms with Gasteiger partial charge < -0.3 is 21.3 Å². The van der Waals surface area contributed by atoms with Gasteiger partial charge in [-0.15, -0.1) is 11.3 Å². The highest BCUT2D eigenvalue weighted by Crippen LogP contribution is 2.21. The minimum atomic E-state index is -0.839. The summed E-state index contributed by atoms with van der Waals surface area (Å²) in [6.07, 6.45) is 2.68. The molecular formula is C30H38N4O3S. The highest BCUT2D eigenvalue weighted by molar-refractivity contribution is 7.09. The number of rotatable bonds is 11. The summed E-state index contributed by atoms with van der Waals surface area (Å²) in [5.41, 5.74) is 13.1. The number of carbonyl (C=O) groups excluding carboxylic acids is 3. The summed E-state index contributed by atoms with van der Waals surface area (Å²) in [7, 11) is 3.20. The van der Waals surface area contributed by atoms with Gasteiger partial charge in [0, 0.05) is 43.4 Å². The molecule has 3 amide bonds. The Hall–Kier alpha value is -3.49. The molecular weight excluding hydrogens is 496 g/mol. The smallest absolute Gasteiger partial charge is 0.246 e. The van der Waals surface area contributed by atoms with Gasteiger partial charge in [0.1, 0.15) is 12.1 Å². The number of hydrogen-bond acceptors (Lipinski definition) is 5. The van der Waals surface area contributed by atoms with Gasteiger partial charge in [0.15, 0.2) is 0 Å². The molecule has 0 spiro atoms. The van der Waals surface area contributed by atoms with E-state index in [4.69, 9.17) is 11.5 Å². The molecule has 7 nitrogen and oxygen atoms in total. The van der Waals surface area contributed by atoms with Crippen LogP contribution in [0.5, 0.6) is 0 Å². The predicted molar refractivity (Wildman–Crippen MR) is 155 cm³/mol. The largest absolute Gasteiger partial charge is 0.368 e. The molecule has 0 aliphatic carbocycles. The molecule has 2 aromatic carbocycles. The van der Waals surface area contributed by atoms with Crippen LogP contribution in [0.25, 0.3) is 10.8 Å². The van der Waals surface area contributed by atoms with Crippen LogP contribution in [0.4, 0.5) is 0 Å². The fourth-order valence-corrected chi connectivity index (χ4v) is 5.39. The van der Waals surface area contributed by atoms with Crippen LogP contribution in [0.1, 0.15) is 37.6 Å². The Kier molecular flexibility index (Phi) is 9.46. The van der Waals surface area contributed by atoms with E-state index in [1.54, 1.807) is 14.1 Å². The third kappa shape index (κ3) is 7.76. The van der Waals surface area contributed by atoms with Crippen molar-refractivity contribution < 1.29 is 14.4 Å². The Morgan fingerprint density at radius 2 is 1.63 bits per heavy atom. The van der Waals surface area contributed by atoms with Crippen LogP contribution < -0.4 is 11.5 Å². The molecule has 4 N–H and O–H groups in total. The lowest BCUT2D eigenvalue weighted by molar-refractivity contribution is -0.145. The fourth-order valence-electron chi connectivity index (χ4n) is 4.65. The van der Waals surface area contributed by atoms with Gasteiger partial charge in [-0.1, -0.05) is 54.1 Å². The molecule has 0 fully saturated rings. The molecule has 0 saturated heterocycles. The van der Waals surface area contributed by atoms with Gasteiger partial charge in [-0.25, -0.2) is 0 Å². The lowest BCUT2D eigenvalue weighted by Crippen LogP contribution is -2.55. The third-order valence-electron chi connectivity index (χ3n) is 6.57. The Labute approximate surface area is 229 Å². The lowest BCUT2D eigenvalue weighted by atomic mass is 9.96. The second kappa shape index (κ2) is 12.4. The van der Waals surface area contributed by atoms with Crippen molar-refractivity contribution in [3.63, 3.8) is 0 Å². The number of thiophene rings is 1. The van der Waals surface area contributed by atoms with Crippen LogP contribution >= 0.6 is 11.3 Å². The van der Waals surface area contributed by atoms with Crippen molar-refractivity contribution >= 4 is 39.8 Å². The van der Waals surface area contributed by atoms with Gasteiger partial charge in [-0.05, 0) is 55.0 Å². The Balaban J connectivity index is 1.93. The van der Waals surface area contributed by atoms with Crippen LogP contribution in [0.2, 0.25) is 0 Å². The van der Waals surface area contributed by atoms with Crippen molar-refractivity contribution in [3.8, 4) is 0 Å². The first kappa shape index (κ1) is 29.1. The van der Waals surface area contributed by atoms with Crippen LogP contribution in [-0.2, 0) is 27.2 Å². The van der Waals surface area contributed by atoms with Gasteiger partial charge in [0.2, 0.25) is 17.7 Å². The number of amides is 3. The summed E-state index contributed by atoms with van der Waals surface area (Å²) in [5.74, 6) is -1.23. The minimum absolute atomic E-state index is 0.288. The summed E-state index contributed by atoms with van der Waals surface area (Å²) in [6, 6.07) is 16.1. The number of fused-ring (bicyclic) bond motifs is 1. The zero-order valence-electron chi connectivity index (χ0n) is 22.8. The number of primary amides is 1. The number of nitrogens with two attached hydrogens (primary N) is 2. The topological polar surface area (TPSA) is 110 Å². The zero-order valence-corrected chi connectivity index (χ0v) is 23.6. The normalized spacial score (nSPS) is 13.7. The highest BCUT2D eigenvalue weighted by Gasteiger charge is 2.34. The van der Waals surface area contributed by atoms with Crippen LogP contribution in [-0.4, -0.2) is 59.2 Å². The van der Waals surface area contributed by atoms with E-state index >= 15 is 0 Å². The quantitative estimate of drug-likeness (QED) is 0.364. The van der Waals surface area contributed by atoms with E-state index in [9.17, 15) is 14.4 Å². The van der Waals surface area contributed by atoms with Gasteiger partial charge >= 0.3 is 0 Å². The minimum Gasteiger partial charge on any atom is -0.368 e. The summed E-state index contributed by atoms with van der Waals surface area (Å²) in [4.78, 5) is 43.4. The molecule has 8 heteroatoms. The number of likely N-dealkylation sites (N-methyl/N-ethyl adjacent to an activating group) is 2. The van der Waals surface area contributed by atoms with Crippen molar-refractivity contribution in [1.82, 2.24) is 9.80 Å². The van der Waals surface area contributed by atoms with E-state index in [-0.39, 0.29) is 18.2 Å².